The molecule has 1 amide bonds. The van der Waals surface area contributed by atoms with E-state index in [1.54, 1.807) is 42.7 Å². The Hall–Kier alpha value is -5.10. The van der Waals surface area contributed by atoms with E-state index in [0.29, 0.717) is 57.2 Å². The molecule has 0 atom stereocenters. The van der Waals surface area contributed by atoms with Crippen molar-refractivity contribution < 1.29 is 26.4 Å². The van der Waals surface area contributed by atoms with Crippen molar-refractivity contribution >= 4 is 55.0 Å². The van der Waals surface area contributed by atoms with E-state index >= 15 is 0 Å². The van der Waals surface area contributed by atoms with Gasteiger partial charge in [0.1, 0.15) is 34.8 Å². The largest absolute Gasteiger partial charge is 0.455 e. The summed E-state index contributed by atoms with van der Waals surface area (Å²) >= 11 is 0. The first-order valence-corrected chi connectivity index (χ1v) is 15.6. The van der Waals surface area contributed by atoms with E-state index in [1.165, 1.54) is 38.4 Å². The van der Waals surface area contributed by atoms with Gasteiger partial charge in [0.05, 0.1) is 34.2 Å². The van der Waals surface area contributed by atoms with Crippen molar-refractivity contribution in [3.63, 3.8) is 0 Å². The first kappa shape index (κ1) is 27.7. The van der Waals surface area contributed by atoms with Crippen molar-refractivity contribution in [1.82, 2.24) is 19.7 Å². The molecule has 1 aliphatic carbocycles. The van der Waals surface area contributed by atoms with Gasteiger partial charge in [0.25, 0.3) is 5.91 Å². The summed E-state index contributed by atoms with van der Waals surface area (Å²) in [5.74, 6) is -0.972. The molecule has 1 aliphatic rings. The van der Waals surface area contributed by atoms with Gasteiger partial charge < -0.3 is 14.1 Å². The normalized spacial score (nSPS) is 13.3. The lowest BCUT2D eigenvalue weighted by atomic mass is 10.0. The minimum absolute atomic E-state index is 0.204. The Labute approximate surface area is 250 Å². The fourth-order valence-corrected chi connectivity index (χ4v) is 6.24. The van der Waals surface area contributed by atoms with Crippen LogP contribution < -0.4 is 9.62 Å². The molecule has 44 heavy (non-hydrogen) atoms. The lowest BCUT2D eigenvalue weighted by molar-refractivity contribution is 0.0964. The first-order valence-electron chi connectivity index (χ1n) is 13.7. The summed E-state index contributed by atoms with van der Waals surface area (Å²) in [6.45, 7) is 0. The second kappa shape index (κ2) is 9.98. The lowest BCUT2D eigenvalue weighted by Gasteiger charge is -2.20. The highest BCUT2D eigenvalue weighted by Crippen LogP contribution is 2.41. The Morgan fingerprint density at radius 1 is 1.07 bits per heavy atom. The maximum atomic E-state index is 14.7. The number of rotatable bonds is 5. The van der Waals surface area contributed by atoms with Crippen LogP contribution in [0.3, 0.4) is 0 Å². The Morgan fingerprint density at radius 3 is 2.57 bits per heavy atom. The van der Waals surface area contributed by atoms with Gasteiger partial charge in [-0.25, -0.2) is 27.2 Å². The van der Waals surface area contributed by atoms with Gasteiger partial charge in [0.15, 0.2) is 0 Å². The molecule has 6 aromatic rings. The summed E-state index contributed by atoms with van der Waals surface area (Å²) in [7, 11) is -0.839. The summed E-state index contributed by atoms with van der Waals surface area (Å²) in [5, 5.41) is 3.04. The minimum Gasteiger partial charge on any atom is -0.455 e. The van der Waals surface area contributed by atoms with Crippen LogP contribution in [0.2, 0.25) is 0 Å². The van der Waals surface area contributed by atoms with Crippen LogP contribution in [0, 0.1) is 5.82 Å². The number of aromatic nitrogens is 3. The molecule has 0 spiro atoms. The van der Waals surface area contributed by atoms with Crippen LogP contribution in [-0.2, 0) is 16.4 Å². The SMILES string of the molecule is CNC(=O)c1c(-c2ccc(F)cc2)oc2cc(N(C)S(C)(=O)=O)c(-c3ccc4ncn5c6c(cc5c4n3)C(F)=CCC6)cc12. The predicted octanol–water partition coefficient (Wildman–Crippen LogP) is 6.11. The molecule has 222 valence electrons. The van der Waals surface area contributed by atoms with E-state index in [1.807, 2.05) is 4.40 Å². The molecule has 12 heteroatoms. The van der Waals surface area contributed by atoms with Crippen molar-refractivity contribution in [2.75, 3.05) is 24.7 Å². The summed E-state index contributed by atoms with van der Waals surface area (Å²) in [6, 6.07) is 14.0. The standard InChI is InChI=1S/C32H25F2N5O4S/c1-35-32(40)29-21-13-20(26(38(2)44(3,41)42)15-28(21)43-31(29)17-7-9-18(33)10-8-17)23-11-12-24-30(37-23)27-14-19-22(34)5-4-6-25(19)39(27)16-36-24/h5,7-16H,4,6H2,1-3H3,(H,35,40). The number of allylic oxidation sites excluding steroid dienone is 1. The smallest absolute Gasteiger partial charge is 0.255 e. The molecule has 0 saturated carbocycles. The number of furan rings is 1. The molecule has 0 aliphatic heterocycles. The third-order valence-corrected chi connectivity index (χ3v) is 9.20. The number of nitrogens with zero attached hydrogens (tertiary/aromatic N) is 4. The minimum atomic E-state index is -3.74. The zero-order valence-electron chi connectivity index (χ0n) is 23.9. The van der Waals surface area contributed by atoms with Gasteiger partial charge in [0, 0.05) is 47.9 Å². The molecule has 0 fully saturated rings. The Balaban J connectivity index is 1.52. The molecular weight excluding hydrogens is 588 g/mol. The summed E-state index contributed by atoms with van der Waals surface area (Å²) in [6.07, 6.45) is 5.54. The number of benzene rings is 2. The zero-order valence-corrected chi connectivity index (χ0v) is 24.7. The molecule has 4 aromatic heterocycles. The number of hydrogen-bond donors (Lipinski definition) is 1. The molecule has 4 heterocycles. The van der Waals surface area contributed by atoms with Gasteiger partial charge in [-0.3, -0.25) is 9.10 Å². The number of amides is 1. The van der Waals surface area contributed by atoms with E-state index < -0.39 is 21.7 Å². The molecule has 9 nitrogen and oxygen atoms in total. The van der Waals surface area contributed by atoms with E-state index in [-0.39, 0.29) is 28.4 Å². The van der Waals surface area contributed by atoms with E-state index in [9.17, 15) is 22.0 Å². The molecule has 7 rings (SSSR count). The monoisotopic (exact) mass is 613 g/mol. The maximum Gasteiger partial charge on any atom is 0.255 e. The summed E-state index contributed by atoms with van der Waals surface area (Å²) < 4.78 is 63.1. The predicted molar refractivity (Wildman–Crippen MR) is 165 cm³/mol. The summed E-state index contributed by atoms with van der Waals surface area (Å²) in [4.78, 5) is 22.7. The molecule has 0 saturated heterocycles. The lowest BCUT2D eigenvalue weighted by Crippen LogP contribution is -2.25. The van der Waals surface area contributed by atoms with Crippen LogP contribution in [0.5, 0.6) is 0 Å². The van der Waals surface area contributed by atoms with Crippen LogP contribution in [0.1, 0.15) is 28.0 Å². The quantitative estimate of drug-likeness (QED) is 0.251. The fourth-order valence-electron chi connectivity index (χ4n) is 5.73. The van der Waals surface area contributed by atoms with Crippen molar-refractivity contribution in [2.45, 2.75) is 12.8 Å². The Kier molecular flexibility index (Phi) is 6.29. The second-order valence-electron chi connectivity index (χ2n) is 10.6. The highest BCUT2D eigenvalue weighted by molar-refractivity contribution is 7.92. The van der Waals surface area contributed by atoms with Gasteiger partial charge in [-0.1, -0.05) is 0 Å². The van der Waals surface area contributed by atoms with Gasteiger partial charge in [-0.2, -0.15) is 0 Å². The third kappa shape index (κ3) is 4.32. The van der Waals surface area contributed by atoms with Gasteiger partial charge in [-0.15, -0.1) is 0 Å². The summed E-state index contributed by atoms with van der Waals surface area (Å²) in [5.41, 5.74) is 5.06. The molecular formula is C32H25F2N5O4S. The topological polar surface area (TPSA) is 110 Å². The number of anilines is 1. The van der Waals surface area contributed by atoms with Crippen LogP contribution in [0.25, 0.3) is 55.9 Å². The number of pyridine rings is 1. The first-order chi connectivity index (χ1) is 21.0. The van der Waals surface area contributed by atoms with E-state index in [4.69, 9.17) is 9.40 Å². The number of sulfonamides is 1. The van der Waals surface area contributed by atoms with Crippen LogP contribution in [-0.4, -0.2) is 49.0 Å². The Bertz CT molecular complexity index is 2310. The number of carbonyl (C=O) groups is 1. The highest BCUT2D eigenvalue weighted by Gasteiger charge is 2.27. The van der Waals surface area contributed by atoms with E-state index in [2.05, 4.69) is 10.3 Å². The number of nitrogens with one attached hydrogen (secondary N) is 1. The zero-order chi connectivity index (χ0) is 30.9. The van der Waals surface area contributed by atoms with Crippen molar-refractivity contribution in [1.29, 1.82) is 0 Å². The number of fused-ring (bicyclic) bond motifs is 6. The molecule has 0 radical (unpaired) electrons. The van der Waals surface area contributed by atoms with Gasteiger partial charge in [-0.05, 0) is 67.4 Å². The van der Waals surface area contributed by atoms with Crippen LogP contribution in [0.15, 0.2) is 71.4 Å². The van der Waals surface area contributed by atoms with Gasteiger partial charge >= 0.3 is 0 Å². The molecule has 0 bridgehead atoms. The van der Waals surface area contributed by atoms with Crippen molar-refractivity contribution in [3.8, 4) is 22.6 Å². The van der Waals surface area contributed by atoms with Crippen LogP contribution in [0.4, 0.5) is 14.5 Å². The fraction of sp³-hybridized carbons (Fsp3) is 0.156. The number of aryl methyl sites for hydroxylation is 1. The van der Waals surface area contributed by atoms with Gasteiger partial charge in [0.2, 0.25) is 10.0 Å². The number of hydrogen-bond acceptors (Lipinski definition) is 6. The highest BCUT2D eigenvalue weighted by atomic mass is 32.2. The van der Waals surface area contributed by atoms with Crippen molar-refractivity contribution in [3.05, 3.63) is 89.6 Å². The molecule has 2 aromatic carbocycles. The second-order valence-corrected chi connectivity index (χ2v) is 12.7. The number of carbonyl (C=O) groups excluding carboxylic acids is 1. The van der Waals surface area contributed by atoms with E-state index in [0.717, 1.165) is 16.3 Å². The average Bonchev–Trinajstić information content (AvgIpc) is 3.59. The Morgan fingerprint density at radius 2 is 1.84 bits per heavy atom. The molecule has 0 unspecified atom stereocenters. The van der Waals surface area contributed by atoms with Crippen molar-refractivity contribution in [2.24, 2.45) is 0 Å². The molecule has 1 N–H and O–H groups in total. The van der Waals surface area contributed by atoms with Crippen LogP contribution >= 0.6 is 0 Å². The third-order valence-electron chi connectivity index (χ3n) is 8.01. The number of halogens is 2. The average molecular weight is 614 g/mol. The maximum absolute atomic E-state index is 14.7.